The van der Waals surface area contributed by atoms with Gasteiger partial charge >= 0.3 is 5.97 Å². The lowest BCUT2D eigenvalue weighted by Crippen LogP contribution is -2.53. The Balaban J connectivity index is 2.59. The van der Waals surface area contributed by atoms with E-state index in [1.807, 2.05) is 27.7 Å². The third-order valence-electron chi connectivity index (χ3n) is 3.45. The first-order valence-electron chi connectivity index (χ1n) is 7.03. The number of amides is 1. The molecule has 3 atom stereocenters. The van der Waals surface area contributed by atoms with Crippen LogP contribution in [-0.2, 0) is 14.3 Å². The fourth-order valence-electron chi connectivity index (χ4n) is 2.50. The summed E-state index contributed by atoms with van der Waals surface area (Å²) in [5.41, 5.74) is -0.638. The third-order valence-corrected chi connectivity index (χ3v) is 3.45. The van der Waals surface area contributed by atoms with Crippen LogP contribution in [0.25, 0.3) is 0 Å². The van der Waals surface area contributed by atoms with Crippen LogP contribution in [0.3, 0.4) is 0 Å². The number of hydrogen-bond donors (Lipinski definition) is 2. The van der Waals surface area contributed by atoms with E-state index in [9.17, 15) is 9.59 Å². The molecule has 0 radical (unpaired) electrons. The zero-order valence-electron chi connectivity index (χ0n) is 13.0. The maximum Gasteiger partial charge on any atom is 0.325 e. The summed E-state index contributed by atoms with van der Waals surface area (Å²) in [7, 11) is 0. The summed E-state index contributed by atoms with van der Waals surface area (Å²) in [6, 6.07) is -0.871. The number of carbonyl (C=O) groups excluding carboxylic acids is 1. The van der Waals surface area contributed by atoms with Gasteiger partial charge in [-0.05, 0) is 34.6 Å². The third kappa shape index (κ3) is 4.76. The Bertz CT molecular complexity index is 360. The van der Waals surface area contributed by atoms with Crippen molar-refractivity contribution in [1.29, 1.82) is 0 Å². The molecule has 1 amide bonds. The first-order valence-corrected chi connectivity index (χ1v) is 7.03. The highest BCUT2D eigenvalue weighted by Gasteiger charge is 2.34. The van der Waals surface area contributed by atoms with Crippen molar-refractivity contribution < 1.29 is 19.4 Å². The second kappa shape index (κ2) is 6.54. The van der Waals surface area contributed by atoms with Gasteiger partial charge in [0.05, 0.1) is 17.6 Å². The molecule has 0 aromatic heterocycles. The average Bonchev–Trinajstić information content (AvgIpc) is 2.26. The first kappa shape index (κ1) is 16.9. The second-order valence-electron chi connectivity index (χ2n) is 6.37. The predicted molar refractivity (Wildman–Crippen MR) is 75.5 cm³/mol. The van der Waals surface area contributed by atoms with Gasteiger partial charge in [-0.3, -0.25) is 14.5 Å². The Labute approximate surface area is 120 Å². The predicted octanol–water partition coefficient (Wildman–Crippen LogP) is 0.711. The van der Waals surface area contributed by atoms with Crippen molar-refractivity contribution in [2.24, 2.45) is 5.41 Å². The summed E-state index contributed by atoms with van der Waals surface area (Å²) in [5, 5.41) is 11.4. The van der Waals surface area contributed by atoms with Crippen LogP contribution in [0.15, 0.2) is 0 Å². The smallest absolute Gasteiger partial charge is 0.325 e. The standard InChI is InChI=1S/C14H26N2O4/c1-9-6-16(7-10(2)20-9)8-14(4,5)13(19)15-11(3)12(17)18/h9-11H,6-8H2,1-5H3,(H,15,19)(H,17,18). The number of nitrogens with zero attached hydrogens (tertiary/aromatic N) is 1. The largest absolute Gasteiger partial charge is 0.480 e. The number of morpholine rings is 1. The highest BCUT2D eigenvalue weighted by molar-refractivity contribution is 5.86. The fraction of sp³-hybridized carbons (Fsp3) is 0.857. The highest BCUT2D eigenvalue weighted by atomic mass is 16.5. The molecular formula is C14H26N2O4. The molecule has 1 aliphatic rings. The van der Waals surface area contributed by atoms with Gasteiger partial charge < -0.3 is 15.2 Å². The lowest BCUT2D eigenvalue weighted by atomic mass is 9.90. The summed E-state index contributed by atoms with van der Waals surface area (Å²) < 4.78 is 5.67. The van der Waals surface area contributed by atoms with Crippen molar-refractivity contribution in [2.75, 3.05) is 19.6 Å². The fourth-order valence-corrected chi connectivity index (χ4v) is 2.50. The second-order valence-corrected chi connectivity index (χ2v) is 6.37. The molecule has 0 spiro atoms. The van der Waals surface area contributed by atoms with E-state index >= 15 is 0 Å². The summed E-state index contributed by atoms with van der Waals surface area (Å²) >= 11 is 0. The van der Waals surface area contributed by atoms with Crippen LogP contribution < -0.4 is 5.32 Å². The molecule has 116 valence electrons. The number of nitrogens with one attached hydrogen (secondary N) is 1. The van der Waals surface area contributed by atoms with E-state index in [1.54, 1.807) is 0 Å². The Morgan fingerprint density at radius 2 is 1.85 bits per heavy atom. The number of aliphatic carboxylic acids is 1. The van der Waals surface area contributed by atoms with Gasteiger partial charge in [0.15, 0.2) is 0 Å². The molecular weight excluding hydrogens is 260 g/mol. The van der Waals surface area contributed by atoms with Crippen molar-refractivity contribution in [3.05, 3.63) is 0 Å². The maximum atomic E-state index is 12.2. The van der Waals surface area contributed by atoms with E-state index < -0.39 is 17.4 Å². The minimum atomic E-state index is -1.03. The Morgan fingerprint density at radius 3 is 2.30 bits per heavy atom. The van der Waals surface area contributed by atoms with Crippen molar-refractivity contribution in [3.8, 4) is 0 Å². The van der Waals surface area contributed by atoms with Gasteiger partial charge in [0.25, 0.3) is 0 Å². The molecule has 1 fully saturated rings. The SMILES string of the molecule is CC1CN(CC(C)(C)C(=O)NC(C)C(=O)O)CC(C)O1. The molecule has 1 aliphatic heterocycles. The van der Waals surface area contributed by atoms with Gasteiger partial charge in [-0.15, -0.1) is 0 Å². The van der Waals surface area contributed by atoms with E-state index in [4.69, 9.17) is 9.84 Å². The molecule has 1 rings (SSSR count). The number of carboxylic acid groups (broad SMARTS) is 1. The van der Waals surface area contributed by atoms with Crippen molar-refractivity contribution >= 4 is 11.9 Å². The molecule has 20 heavy (non-hydrogen) atoms. The lowest BCUT2D eigenvalue weighted by Gasteiger charge is -2.39. The highest BCUT2D eigenvalue weighted by Crippen LogP contribution is 2.21. The van der Waals surface area contributed by atoms with Crippen molar-refractivity contribution in [2.45, 2.75) is 52.9 Å². The molecule has 0 bridgehead atoms. The zero-order valence-corrected chi connectivity index (χ0v) is 13.0. The topological polar surface area (TPSA) is 78.9 Å². The van der Waals surface area contributed by atoms with Crippen molar-refractivity contribution in [3.63, 3.8) is 0 Å². The molecule has 1 saturated heterocycles. The number of carboxylic acids is 1. The molecule has 0 aromatic carbocycles. The molecule has 0 aromatic rings. The van der Waals surface area contributed by atoms with Crippen LogP contribution in [-0.4, -0.2) is 59.8 Å². The molecule has 6 heteroatoms. The van der Waals surface area contributed by atoms with Crippen LogP contribution in [0.1, 0.15) is 34.6 Å². The number of ether oxygens (including phenoxy) is 1. The van der Waals surface area contributed by atoms with E-state index in [0.29, 0.717) is 6.54 Å². The van der Waals surface area contributed by atoms with Crippen LogP contribution >= 0.6 is 0 Å². The number of rotatable bonds is 5. The van der Waals surface area contributed by atoms with Gasteiger partial charge in [-0.2, -0.15) is 0 Å². The molecule has 0 aliphatic carbocycles. The van der Waals surface area contributed by atoms with Gasteiger partial charge in [0, 0.05) is 19.6 Å². The van der Waals surface area contributed by atoms with Gasteiger partial charge in [0.2, 0.25) is 5.91 Å². The monoisotopic (exact) mass is 286 g/mol. The Kier molecular flexibility index (Phi) is 5.53. The van der Waals surface area contributed by atoms with Gasteiger partial charge in [0.1, 0.15) is 6.04 Å². The summed E-state index contributed by atoms with van der Waals surface area (Å²) in [6.07, 6.45) is 0.297. The minimum absolute atomic E-state index is 0.149. The number of carbonyl (C=O) groups is 2. The van der Waals surface area contributed by atoms with E-state index in [-0.39, 0.29) is 18.1 Å². The summed E-state index contributed by atoms with van der Waals surface area (Å²) in [5.74, 6) is -1.26. The van der Waals surface area contributed by atoms with Crippen LogP contribution in [0, 0.1) is 5.41 Å². The molecule has 1 heterocycles. The Morgan fingerprint density at radius 1 is 1.35 bits per heavy atom. The van der Waals surface area contributed by atoms with Crippen LogP contribution in [0.2, 0.25) is 0 Å². The van der Waals surface area contributed by atoms with Gasteiger partial charge in [-0.25, -0.2) is 0 Å². The van der Waals surface area contributed by atoms with E-state index in [0.717, 1.165) is 13.1 Å². The average molecular weight is 286 g/mol. The quantitative estimate of drug-likeness (QED) is 0.778. The maximum absolute atomic E-state index is 12.2. The summed E-state index contributed by atoms with van der Waals surface area (Å²) in [4.78, 5) is 25.2. The van der Waals surface area contributed by atoms with Gasteiger partial charge in [-0.1, -0.05) is 0 Å². The molecule has 3 unspecified atom stereocenters. The van der Waals surface area contributed by atoms with E-state index in [2.05, 4.69) is 10.2 Å². The zero-order chi connectivity index (χ0) is 15.5. The molecule has 0 saturated carbocycles. The van der Waals surface area contributed by atoms with E-state index in [1.165, 1.54) is 6.92 Å². The first-order chi connectivity index (χ1) is 9.11. The normalized spacial score (nSPS) is 26.1. The van der Waals surface area contributed by atoms with Crippen molar-refractivity contribution in [1.82, 2.24) is 10.2 Å². The number of hydrogen-bond acceptors (Lipinski definition) is 4. The molecule has 6 nitrogen and oxygen atoms in total. The molecule has 2 N–H and O–H groups in total. The Hall–Kier alpha value is -1.14. The summed E-state index contributed by atoms with van der Waals surface area (Å²) in [6.45, 7) is 11.3. The lowest BCUT2D eigenvalue weighted by molar-refractivity contribution is -0.143. The minimum Gasteiger partial charge on any atom is -0.480 e. The van der Waals surface area contributed by atoms with Crippen LogP contribution in [0.5, 0.6) is 0 Å². The van der Waals surface area contributed by atoms with Crippen LogP contribution in [0.4, 0.5) is 0 Å².